The Kier molecular flexibility index (Phi) is 0.984. The highest BCUT2D eigenvalue weighted by Gasteiger charge is 2.16. The summed E-state index contributed by atoms with van der Waals surface area (Å²) in [4.78, 5) is 0. The highest BCUT2D eigenvalue weighted by molar-refractivity contribution is 6.60. The molecule has 1 aliphatic heterocycles. The Morgan fingerprint density at radius 3 is 1.80 bits per heavy atom. The third-order valence-electron chi connectivity index (χ3n) is 1.39. The first-order valence-electron chi connectivity index (χ1n) is 2.39. The largest absolute Gasteiger partial charge is 0.258 e. The maximum atomic E-state index is 2.45. The van der Waals surface area contributed by atoms with Crippen molar-refractivity contribution in [1.82, 2.24) is 0 Å². The first-order valence-corrected chi connectivity index (χ1v) is 5.18. The van der Waals surface area contributed by atoms with Gasteiger partial charge in [0, 0.05) is 0 Å². The van der Waals surface area contributed by atoms with E-state index in [1.807, 2.05) is 0 Å². The van der Waals surface area contributed by atoms with E-state index in [0.717, 1.165) is 0 Å². The molecule has 1 heterocycles. The smallest absolute Gasteiger partial charge is 0.106 e. The van der Waals surface area contributed by atoms with Crippen LogP contribution in [0.3, 0.4) is 0 Å². The summed E-state index contributed by atoms with van der Waals surface area (Å²) < 4.78 is 0. The molecule has 0 nitrogen and oxygen atoms in total. The lowest BCUT2D eigenvalue weighted by molar-refractivity contribution is 0.942. The van der Waals surface area contributed by atoms with E-state index in [1.165, 1.54) is 0 Å². The quantitative estimate of drug-likeness (QED) is 0.390. The molecule has 0 amide bonds. The minimum absolute atomic E-state index is 0.0309. The molecule has 0 atom stereocenters. The van der Waals surface area contributed by atoms with Crippen LogP contribution in [0, 0.1) is 0 Å². The van der Waals surface area contributed by atoms with E-state index in [1.54, 1.807) is 17.0 Å². The SMILES string of the molecule is [CH3][Al]1[CH2]C[CH2]1. The average Bonchev–Trinajstić information content (AvgIpc) is 1.30. The molecule has 0 radical (unpaired) electrons. The van der Waals surface area contributed by atoms with Gasteiger partial charge in [-0.15, -0.1) is 5.79 Å². The van der Waals surface area contributed by atoms with Crippen LogP contribution in [0.1, 0.15) is 6.42 Å². The Morgan fingerprint density at radius 2 is 1.80 bits per heavy atom. The van der Waals surface area contributed by atoms with E-state index < -0.39 is 0 Å². The summed E-state index contributed by atoms with van der Waals surface area (Å²) in [5.41, 5.74) is 0. The van der Waals surface area contributed by atoms with Gasteiger partial charge in [-0.2, -0.15) is 0 Å². The van der Waals surface area contributed by atoms with Crippen LogP contribution in [0.15, 0.2) is 0 Å². The van der Waals surface area contributed by atoms with E-state index >= 15 is 0 Å². The Balaban J connectivity index is 2.08. The van der Waals surface area contributed by atoms with Gasteiger partial charge in [-0.05, 0) is 0 Å². The first-order chi connectivity index (χ1) is 2.39. The predicted octanol–water partition coefficient (Wildman–Crippen LogP) is 1.51. The third kappa shape index (κ3) is 0.681. The summed E-state index contributed by atoms with van der Waals surface area (Å²) in [5, 5.41) is 3.25. The molecule has 28 valence electrons. The van der Waals surface area contributed by atoms with E-state index in [2.05, 4.69) is 5.79 Å². The molecule has 1 heteroatoms. The minimum atomic E-state index is 0.0309. The van der Waals surface area contributed by atoms with Crippen molar-refractivity contribution in [3.8, 4) is 0 Å². The van der Waals surface area contributed by atoms with Crippen molar-refractivity contribution < 1.29 is 0 Å². The first kappa shape index (κ1) is 3.71. The zero-order valence-corrected chi connectivity index (χ0v) is 4.85. The van der Waals surface area contributed by atoms with E-state index in [9.17, 15) is 0 Å². The molecule has 0 aromatic carbocycles. The van der Waals surface area contributed by atoms with Gasteiger partial charge in [0.2, 0.25) is 0 Å². The average molecular weight is 84.1 g/mol. The lowest BCUT2D eigenvalue weighted by atomic mass is 10.5. The van der Waals surface area contributed by atoms with Gasteiger partial charge in [0.05, 0.1) is 0 Å². The molecule has 0 N–H and O–H groups in total. The maximum Gasteiger partial charge on any atom is 0.258 e. The molecule has 0 bridgehead atoms. The summed E-state index contributed by atoms with van der Waals surface area (Å²) >= 11 is 0.0309. The molecule has 1 fully saturated rings. The fourth-order valence-corrected chi connectivity index (χ4v) is 1.84. The molecule has 0 spiro atoms. The zero-order valence-electron chi connectivity index (χ0n) is 3.70. The van der Waals surface area contributed by atoms with Crippen molar-refractivity contribution >= 4 is 14.1 Å². The van der Waals surface area contributed by atoms with Crippen molar-refractivity contribution in [2.24, 2.45) is 0 Å². The molecule has 1 aliphatic rings. The molecule has 1 rings (SSSR count). The number of hydrogen-bond acceptors (Lipinski definition) is 0. The van der Waals surface area contributed by atoms with Gasteiger partial charge in [-0.1, -0.05) is 17.0 Å². The molecular weight excluding hydrogens is 75.0 g/mol. The van der Waals surface area contributed by atoms with Gasteiger partial charge >= 0.3 is 0 Å². The van der Waals surface area contributed by atoms with Gasteiger partial charge in [0.25, 0.3) is 14.1 Å². The zero-order chi connectivity index (χ0) is 3.70. The molecular formula is C4H9Al. The summed E-state index contributed by atoms with van der Waals surface area (Å²) in [7, 11) is 0. The normalized spacial score (nSPS) is 22.2. The Hall–Kier alpha value is 0.532. The minimum Gasteiger partial charge on any atom is -0.106 e. The molecule has 0 saturated carbocycles. The summed E-state index contributed by atoms with van der Waals surface area (Å²) in [5.74, 6) is 2.45. The van der Waals surface area contributed by atoms with E-state index in [0.29, 0.717) is 0 Å². The van der Waals surface area contributed by atoms with Crippen molar-refractivity contribution in [3.05, 3.63) is 0 Å². The fraction of sp³-hybridized carbons (Fsp3) is 1.00. The van der Waals surface area contributed by atoms with Gasteiger partial charge in [-0.3, -0.25) is 0 Å². The Bertz CT molecular complexity index is 30.6. The van der Waals surface area contributed by atoms with Crippen molar-refractivity contribution in [3.63, 3.8) is 0 Å². The van der Waals surface area contributed by atoms with Crippen LogP contribution < -0.4 is 0 Å². The van der Waals surface area contributed by atoms with Crippen molar-refractivity contribution in [2.45, 2.75) is 22.8 Å². The van der Waals surface area contributed by atoms with E-state index in [4.69, 9.17) is 0 Å². The van der Waals surface area contributed by atoms with Crippen molar-refractivity contribution in [1.29, 1.82) is 0 Å². The van der Waals surface area contributed by atoms with Crippen LogP contribution >= 0.6 is 0 Å². The summed E-state index contributed by atoms with van der Waals surface area (Å²) in [6.07, 6.45) is 1.55. The second-order valence-corrected chi connectivity index (χ2v) is 5.40. The number of hydrogen-bond donors (Lipinski definition) is 0. The molecule has 5 heavy (non-hydrogen) atoms. The topological polar surface area (TPSA) is 0 Å². The Labute approximate surface area is 37.6 Å². The lowest BCUT2D eigenvalue weighted by Gasteiger charge is -2.13. The van der Waals surface area contributed by atoms with Crippen LogP contribution in [0.25, 0.3) is 0 Å². The van der Waals surface area contributed by atoms with E-state index in [-0.39, 0.29) is 14.1 Å². The second kappa shape index (κ2) is 1.33. The monoisotopic (exact) mass is 84.1 g/mol. The van der Waals surface area contributed by atoms with Gasteiger partial charge in [0.15, 0.2) is 0 Å². The number of rotatable bonds is 0. The lowest BCUT2D eigenvalue weighted by Crippen LogP contribution is -2.15. The molecule has 0 unspecified atom stereocenters. The van der Waals surface area contributed by atoms with Crippen molar-refractivity contribution in [2.75, 3.05) is 0 Å². The van der Waals surface area contributed by atoms with Crippen LogP contribution in [0.5, 0.6) is 0 Å². The summed E-state index contributed by atoms with van der Waals surface area (Å²) in [6.45, 7) is 0. The predicted molar refractivity (Wildman–Crippen MR) is 25.8 cm³/mol. The van der Waals surface area contributed by atoms with Crippen LogP contribution in [-0.2, 0) is 0 Å². The molecule has 0 aromatic rings. The molecule has 1 saturated heterocycles. The molecule has 0 aliphatic carbocycles. The maximum absolute atomic E-state index is 2.45. The van der Waals surface area contributed by atoms with Crippen LogP contribution in [0.4, 0.5) is 0 Å². The fourth-order valence-electron chi connectivity index (χ4n) is 0.612. The standard InChI is InChI=1S/C3H6.CH3.Al/c1-3-2;;/h1-3H2;1H3;. The van der Waals surface area contributed by atoms with Crippen LogP contribution in [0.2, 0.25) is 16.4 Å². The van der Waals surface area contributed by atoms with Gasteiger partial charge in [0.1, 0.15) is 0 Å². The third-order valence-corrected chi connectivity index (χ3v) is 4.18. The summed E-state index contributed by atoms with van der Waals surface area (Å²) in [6, 6.07) is 0. The van der Waals surface area contributed by atoms with Crippen LogP contribution in [-0.4, -0.2) is 14.1 Å². The second-order valence-electron chi connectivity index (χ2n) is 2.04. The highest BCUT2D eigenvalue weighted by Crippen LogP contribution is 2.18. The Morgan fingerprint density at radius 1 is 1.40 bits per heavy atom. The molecule has 0 aromatic heterocycles. The highest BCUT2D eigenvalue weighted by atomic mass is 27.2. The van der Waals surface area contributed by atoms with Gasteiger partial charge < -0.3 is 0 Å². The van der Waals surface area contributed by atoms with Gasteiger partial charge in [-0.25, -0.2) is 0 Å².